The number of hydrogen-bond donors (Lipinski definition) is 1. The van der Waals surface area contributed by atoms with Crippen LogP contribution in [0, 0.1) is 0 Å². The number of anilines is 1. The minimum absolute atomic E-state index is 0.122. The Morgan fingerprint density at radius 1 is 0.875 bits per heavy atom. The van der Waals surface area contributed by atoms with Gasteiger partial charge in [-0.15, -0.1) is 0 Å². The first-order valence-electron chi connectivity index (χ1n) is 9.63. The van der Waals surface area contributed by atoms with Crippen LogP contribution in [0.2, 0.25) is 0 Å². The predicted molar refractivity (Wildman–Crippen MR) is 122 cm³/mol. The van der Waals surface area contributed by atoms with Gasteiger partial charge in [0.2, 0.25) is 15.9 Å². The molecule has 0 unspecified atom stereocenters. The largest absolute Gasteiger partial charge is 0.492 e. The second-order valence-corrected chi connectivity index (χ2v) is 11.3. The maximum Gasteiger partial charge on any atom is 0.304 e. The molecule has 12 heteroatoms. The van der Waals surface area contributed by atoms with Crippen molar-refractivity contribution in [1.29, 1.82) is 0 Å². The molecule has 2 rings (SSSR count). The van der Waals surface area contributed by atoms with Crippen LogP contribution >= 0.6 is 0 Å². The first-order chi connectivity index (χ1) is 15.0. The van der Waals surface area contributed by atoms with E-state index in [0.717, 1.165) is 12.9 Å². The van der Waals surface area contributed by atoms with Crippen molar-refractivity contribution in [2.45, 2.75) is 4.90 Å². The lowest BCUT2D eigenvalue weighted by Gasteiger charge is -2.26. The zero-order valence-electron chi connectivity index (χ0n) is 18.4. The molecule has 0 saturated carbocycles. The molecule has 0 fully saturated rings. The molecule has 0 aliphatic rings. The minimum atomic E-state index is -3.86. The summed E-state index contributed by atoms with van der Waals surface area (Å²) in [6.45, 7) is -0.125. The second-order valence-electron chi connectivity index (χ2n) is 7.09. The molecule has 1 amide bonds. The molecule has 0 heterocycles. The molecule has 0 aliphatic heterocycles. The third-order valence-electron chi connectivity index (χ3n) is 4.37. The number of carbonyl (C=O) groups is 1. The van der Waals surface area contributed by atoms with Crippen molar-refractivity contribution in [2.75, 3.05) is 52.2 Å². The summed E-state index contributed by atoms with van der Waals surface area (Å²) in [5.74, 6) is -0.0478. The lowest BCUT2D eigenvalue weighted by atomic mass is 10.3. The van der Waals surface area contributed by atoms with Gasteiger partial charge in [0.05, 0.1) is 17.1 Å². The standard InChI is InChI=1S/C20H28N4O6S2/c1-22(2)31(26,27)19-12-10-18(11-13-19)30-15-14-21-20(25)16-24(32(28,29)23(3)4)17-8-6-5-7-9-17/h5-13H,14-16H2,1-4H3,(H,21,25). The highest BCUT2D eigenvalue weighted by Gasteiger charge is 2.27. The van der Waals surface area contributed by atoms with E-state index < -0.39 is 26.1 Å². The number of nitrogens with one attached hydrogen (secondary N) is 1. The fourth-order valence-electron chi connectivity index (χ4n) is 2.56. The summed E-state index contributed by atoms with van der Waals surface area (Å²) < 4.78 is 58.1. The Morgan fingerprint density at radius 2 is 1.47 bits per heavy atom. The monoisotopic (exact) mass is 484 g/mol. The minimum Gasteiger partial charge on any atom is -0.492 e. The molecule has 0 aromatic heterocycles. The molecular weight excluding hydrogens is 456 g/mol. The van der Waals surface area contributed by atoms with Crippen LogP contribution in [0.3, 0.4) is 0 Å². The summed E-state index contributed by atoms with van der Waals surface area (Å²) in [6, 6.07) is 14.3. The summed E-state index contributed by atoms with van der Waals surface area (Å²) in [5, 5.41) is 2.62. The number of sulfonamides is 1. The molecule has 2 aromatic carbocycles. The van der Waals surface area contributed by atoms with Crippen molar-refractivity contribution in [3.8, 4) is 5.75 Å². The van der Waals surface area contributed by atoms with E-state index in [4.69, 9.17) is 4.74 Å². The third kappa shape index (κ3) is 6.42. The van der Waals surface area contributed by atoms with Crippen LogP contribution in [0.5, 0.6) is 5.75 Å². The van der Waals surface area contributed by atoms with Crippen LogP contribution in [0.4, 0.5) is 5.69 Å². The van der Waals surface area contributed by atoms with E-state index >= 15 is 0 Å². The van der Waals surface area contributed by atoms with Crippen LogP contribution in [-0.2, 0) is 25.0 Å². The Hall–Kier alpha value is -2.67. The van der Waals surface area contributed by atoms with E-state index in [9.17, 15) is 21.6 Å². The lowest BCUT2D eigenvalue weighted by molar-refractivity contribution is -0.119. The van der Waals surface area contributed by atoms with Crippen molar-refractivity contribution in [2.24, 2.45) is 0 Å². The zero-order chi connectivity index (χ0) is 23.9. The highest BCUT2D eigenvalue weighted by atomic mass is 32.2. The molecule has 0 aliphatic carbocycles. The molecule has 2 aromatic rings. The first kappa shape index (κ1) is 25.6. The summed E-state index contributed by atoms with van der Waals surface area (Å²) >= 11 is 0. The molecular formula is C20H28N4O6S2. The Bertz CT molecular complexity index is 1100. The van der Waals surface area contributed by atoms with Crippen molar-refractivity contribution >= 4 is 31.8 Å². The average Bonchev–Trinajstić information content (AvgIpc) is 2.75. The number of ether oxygens (including phenoxy) is 1. The Labute approximate surface area is 189 Å². The maximum absolute atomic E-state index is 12.6. The molecule has 0 radical (unpaired) electrons. The second kappa shape index (κ2) is 10.8. The lowest BCUT2D eigenvalue weighted by Crippen LogP contribution is -2.46. The van der Waals surface area contributed by atoms with Gasteiger partial charge in [0.15, 0.2) is 0 Å². The molecule has 0 atom stereocenters. The zero-order valence-corrected chi connectivity index (χ0v) is 20.1. The van der Waals surface area contributed by atoms with Gasteiger partial charge in [-0.25, -0.2) is 17.0 Å². The van der Waals surface area contributed by atoms with Crippen molar-refractivity contribution in [3.63, 3.8) is 0 Å². The van der Waals surface area contributed by atoms with Crippen LogP contribution in [0.15, 0.2) is 59.5 Å². The highest BCUT2D eigenvalue weighted by molar-refractivity contribution is 7.90. The van der Waals surface area contributed by atoms with E-state index in [1.54, 1.807) is 30.3 Å². The summed E-state index contributed by atoms with van der Waals surface area (Å²) in [7, 11) is -1.69. The number of benzene rings is 2. The van der Waals surface area contributed by atoms with Crippen molar-refractivity contribution < 1.29 is 26.4 Å². The summed E-state index contributed by atoms with van der Waals surface area (Å²) in [6.07, 6.45) is 0. The van der Waals surface area contributed by atoms with Gasteiger partial charge in [0, 0.05) is 28.2 Å². The van der Waals surface area contributed by atoms with Crippen LogP contribution in [0.1, 0.15) is 0 Å². The molecule has 176 valence electrons. The van der Waals surface area contributed by atoms with Gasteiger partial charge in [0.25, 0.3) is 0 Å². The Balaban J connectivity index is 1.92. The van der Waals surface area contributed by atoms with Gasteiger partial charge in [-0.3, -0.25) is 4.79 Å². The number of hydrogen-bond acceptors (Lipinski definition) is 6. The number of nitrogens with zero attached hydrogens (tertiary/aromatic N) is 3. The third-order valence-corrected chi connectivity index (χ3v) is 8.02. The van der Waals surface area contributed by atoms with Gasteiger partial charge in [-0.2, -0.15) is 12.7 Å². The van der Waals surface area contributed by atoms with E-state index in [0.29, 0.717) is 11.4 Å². The van der Waals surface area contributed by atoms with E-state index in [1.807, 2.05) is 0 Å². The highest BCUT2D eigenvalue weighted by Crippen LogP contribution is 2.19. The fraction of sp³-hybridized carbons (Fsp3) is 0.350. The van der Waals surface area contributed by atoms with Crippen molar-refractivity contribution in [1.82, 2.24) is 13.9 Å². The van der Waals surface area contributed by atoms with E-state index in [2.05, 4.69) is 5.32 Å². The quantitative estimate of drug-likeness (QED) is 0.471. The SMILES string of the molecule is CN(C)S(=O)(=O)c1ccc(OCCNC(=O)CN(c2ccccc2)S(=O)(=O)N(C)C)cc1. The van der Waals surface area contributed by atoms with Gasteiger partial charge in [0.1, 0.15) is 18.9 Å². The average molecular weight is 485 g/mol. The Morgan fingerprint density at radius 3 is 2.00 bits per heavy atom. The van der Waals surface area contributed by atoms with Gasteiger partial charge in [-0.05, 0) is 36.4 Å². The van der Waals surface area contributed by atoms with Crippen LogP contribution in [-0.4, -0.2) is 79.2 Å². The predicted octanol–water partition coefficient (Wildman–Crippen LogP) is 0.745. The Kier molecular flexibility index (Phi) is 8.61. The van der Waals surface area contributed by atoms with Crippen LogP contribution < -0.4 is 14.4 Å². The molecule has 32 heavy (non-hydrogen) atoms. The van der Waals surface area contributed by atoms with E-state index in [-0.39, 0.29) is 24.6 Å². The number of para-hydroxylation sites is 1. The molecule has 0 saturated heterocycles. The summed E-state index contributed by atoms with van der Waals surface area (Å²) in [4.78, 5) is 12.5. The van der Waals surface area contributed by atoms with Crippen LogP contribution in [0.25, 0.3) is 0 Å². The summed E-state index contributed by atoms with van der Waals surface area (Å²) in [5.41, 5.74) is 0.375. The van der Waals surface area contributed by atoms with Crippen molar-refractivity contribution in [3.05, 3.63) is 54.6 Å². The normalized spacial score (nSPS) is 12.1. The molecule has 0 spiro atoms. The molecule has 0 bridgehead atoms. The maximum atomic E-state index is 12.6. The first-order valence-corrected chi connectivity index (χ1v) is 12.5. The van der Waals surface area contributed by atoms with Gasteiger partial charge < -0.3 is 10.1 Å². The molecule has 10 nitrogen and oxygen atoms in total. The fourth-order valence-corrected chi connectivity index (χ4v) is 4.53. The number of rotatable bonds is 11. The smallest absolute Gasteiger partial charge is 0.304 e. The molecule has 1 N–H and O–H groups in total. The van der Waals surface area contributed by atoms with Gasteiger partial charge in [-0.1, -0.05) is 18.2 Å². The van der Waals surface area contributed by atoms with E-state index in [1.165, 1.54) is 52.5 Å². The number of amides is 1. The topological polar surface area (TPSA) is 116 Å². The van der Waals surface area contributed by atoms with Gasteiger partial charge >= 0.3 is 10.2 Å². The number of carbonyl (C=O) groups excluding carboxylic acids is 1.